The van der Waals surface area contributed by atoms with E-state index in [0.717, 1.165) is 5.56 Å². The van der Waals surface area contributed by atoms with E-state index in [1.807, 2.05) is 24.3 Å². The number of unbranched alkanes of at least 4 members (excludes halogenated alkanes) is 1. The predicted molar refractivity (Wildman–Crippen MR) is 73.7 cm³/mol. The smallest absolute Gasteiger partial charge is 0.306 e. The zero-order chi connectivity index (χ0) is 14.8. The average molecular weight is 277 g/mol. The molecule has 0 aliphatic heterocycles. The molecule has 0 N–H and O–H groups in total. The fourth-order valence-corrected chi connectivity index (χ4v) is 1.80. The Bertz CT molecular complexity index is 479. The Labute approximate surface area is 119 Å². The van der Waals surface area contributed by atoms with Gasteiger partial charge in [0.2, 0.25) is 0 Å². The SMILES string of the molecule is COc1cccc(CCC(=O)OCCCC#N)c1OC. The molecular formula is C15H19NO4. The maximum atomic E-state index is 11.6. The highest BCUT2D eigenvalue weighted by Gasteiger charge is 2.11. The van der Waals surface area contributed by atoms with Crippen molar-refractivity contribution in [2.45, 2.75) is 25.7 Å². The minimum Gasteiger partial charge on any atom is -0.493 e. The highest BCUT2D eigenvalue weighted by molar-refractivity contribution is 5.70. The maximum absolute atomic E-state index is 11.6. The van der Waals surface area contributed by atoms with Crippen LogP contribution in [0.1, 0.15) is 24.8 Å². The summed E-state index contributed by atoms with van der Waals surface area (Å²) in [6.07, 6.45) is 1.77. The molecule has 0 unspecified atom stereocenters. The number of methoxy groups -OCH3 is 2. The molecule has 0 heterocycles. The first-order valence-corrected chi connectivity index (χ1v) is 6.45. The molecule has 20 heavy (non-hydrogen) atoms. The number of nitrogens with zero attached hydrogens (tertiary/aromatic N) is 1. The van der Waals surface area contributed by atoms with Gasteiger partial charge in [-0.1, -0.05) is 12.1 Å². The summed E-state index contributed by atoms with van der Waals surface area (Å²) in [4.78, 5) is 11.6. The number of nitriles is 1. The summed E-state index contributed by atoms with van der Waals surface area (Å²) in [7, 11) is 3.15. The summed E-state index contributed by atoms with van der Waals surface area (Å²) in [6, 6.07) is 7.56. The molecule has 5 nitrogen and oxygen atoms in total. The molecule has 0 bridgehead atoms. The number of aryl methyl sites for hydroxylation is 1. The van der Waals surface area contributed by atoms with Crippen LogP contribution in [-0.2, 0) is 16.0 Å². The number of carbonyl (C=O) groups excluding carboxylic acids is 1. The van der Waals surface area contributed by atoms with Gasteiger partial charge in [-0.15, -0.1) is 0 Å². The lowest BCUT2D eigenvalue weighted by Crippen LogP contribution is -2.07. The molecule has 108 valence electrons. The number of esters is 1. The van der Waals surface area contributed by atoms with E-state index in [9.17, 15) is 4.79 Å². The molecule has 0 aliphatic carbocycles. The Morgan fingerprint density at radius 2 is 2.10 bits per heavy atom. The molecule has 0 saturated heterocycles. The lowest BCUT2D eigenvalue weighted by molar-refractivity contribution is -0.143. The molecule has 0 atom stereocenters. The van der Waals surface area contributed by atoms with Gasteiger partial charge in [0.25, 0.3) is 0 Å². The Morgan fingerprint density at radius 1 is 1.30 bits per heavy atom. The molecule has 1 rings (SSSR count). The number of carbonyl (C=O) groups is 1. The number of para-hydroxylation sites is 1. The normalized spacial score (nSPS) is 9.65. The van der Waals surface area contributed by atoms with Crippen LogP contribution in [0.2, 0.25) is 0 Å². The van der Waals surface area contributed by atoms with Gasteiger partial charge in [0.15, 0.2) is 11.5 Å². The number of benzene rings is 1. The third-order valence-corrected chi connectivity index (χ3v) is 2.78. The third kappa shape index (κ3) is 4.81. The number of rotatable bonds is 8. The first-order valence-electron chi connectivity index (χ1n) is 6.45. The fourth-order valence-electron chi connectivity index (χ4n) is 1.80. The molecule has 0 radical (unpaired) electrons. The van der Waals surface area contributed by atoms with Gasteiger partial charge in [-0.2, -0.15) is 5.26 Å². The molecular weight excluding hydrogens is 258 g/mol. The monoisotopic (exact) mass is 277 g/mol. The van der Waals surface area contributed by atoms with Crippen molar-refractivity contribution in [1.82, 2.24) is 0 Å². The van der Waals surface area contributed by atoms with Crippen LogP contribution in [-0.4, -0.2) is 26.8 Å². The van der Waals surface area contributed by atoms with Crippen molar-refractivity contribution in [2.75, 3.05) is 20.8 Å². The molecule has 0 amide bonds. The molecule has 1 aromatic carbocycles. The molecule has 0 aliphatic rings. The molecule has 5 heteroatoms. The number of ether oxygens (including phenoxy) is 3. The molecule has 0 fully saturated rings. The zero-order valence-corrected chi connectivity index (χ0v) is 11.8. The van der Waals surface area contributed by atoms with E-state index in [0.29, 0.717) is 37.4 Å². The summed E-state index contributed by atoms with van der Waals surface area (Å²) in [5.74, 6) is 1.02. The van der Waals surface area contributed by atoms with Gasteiger partial charge in [0.1, 0.15) is 0 Å². The second kappa shape index (κ2) is 8.81. The summed E-state index contributed by atoms with van der Waals surface area (Å²) >= 11 is 0. The highest BCUT2D eigenvalue weighted by Crippen LogP contribution is 2.31. The van der Waals surface area contributed by atoms with Crippen molar-refractivity contribution in [2.24, 2.45) is 0 Å². The van der Waals surface area contributed by atoms with Crippen LogP contribution in [0, 0.1) is 11.3 Å². The van der Waals surface area contributed by atoms with E-state index in [4.69, 9.17) is 19.5 Å². The minimum atomic E-state index is -0.271. The summed E-state index contributed by atoms with van der Waals surface area (Å²) in [5, 5.41) is 8.37. The van der Waals surface area contributed by atoms with Gasteiger partial charge in [-0.25, -0.2) is 0 Å². The van der Waals surface area contributed by atoms with Crippen molar-refractivity contribution in [3.8, 4) is 17.6 Å². The summed E-state index contributed by atoms with van der Waals surface area (Å²) in [5.41, 5.74) is 0.904. The quantitative estimate of drug-likeness (QED) is 0.539. The first kappa shape index (κ1) is 15.8. The predicted octanol–water partition coefficient (Wildman–Crippen LogP) is 2.48. The van der Waals surface area contributed by atoms with E-state index in [1.54, 1.807) is 14.2 Å². The third-order valence-electron chi connectivity index (χ3n) is 2.78. The fraction of sp³-hybridized carbons (Fsp3) is 0.467. The van der Waals surface area contributed by atoms with Crippen molar-refractivity contribution in [1.29, 1.82) is 5.26 Å². The first-order chi connectivity index (χ1) is 9.72. The van der Waals surface area contributed by atoms with Crippen molar-refractivity contribution in [3.63, 3.8) is 0 Å². The Morgan fingerprint density at radius 3 is 2.75 bits per heavy atom. The largest absolute Gasteiger partial charge is 0.493 e. The average Bonchev–Trinajstić information content (AvgIpc) is 2.48. The van der Waals surface area contributed by atoms with Crippen molar-refractivity contribution >= 4 is 5.97 Å². The number of hydrogen-bond donors (Lipinski definition) is 0. The van der Waals surface area contributed by atoms with Crippen LogP contribution in [0.3, 0.4) is 0 Å². The Kier molecular flexibility index (Phi) is 6.97. The summed E-state index contributed by atoms with van der Waals surface area (Å²) < 4.78 is 15.5. The van der Waals surface area contributed by atoms with Crippen LogP contribution in [0.5, 0.6) is 11.5 Å². The van der Waals surface area contributed by atoms with E-state index >= 15 is 0 Å². The minimum absolute atomic E-state index is 0.271. The van der Waals surface area contributed by atoms with Gasteiger partial charge in [-0.3, -0.25) is 4.79 Å². The number of hydrogen-bond acceptors (Lipinski definition) is 5. The second-order valence-electron chi connectivity index (χ2n) is 4.13. The van der Waals surface area contributed by atoms with Gasteiger partial charge < -0.3 is 14.2 Å². The van der Waals surface area contributed by atoms with Gasteiger partial charge in [-0.05, 0) is 24.5 Å². The van der Waals surface area contributed by atoms with E-state index < -0.39 is 0 Å². The highest BCUT2D eigenvalue weighted by atomic mass is 16.5. The molecule has 0 spiro atoms. The molecule has 0 saturated carbocycles. The van der Waals surface area contributed by atoms with Crippen molar-refractivity contribution in [3.05, 3.63) is 23.8 Å². The van der Waals surface area contributed by atoms with Crippen LogP contribution < -0.4 is 9.47 Å². The lowest BCUT2D eigenvalue weighted by atomic mass is 10.1. The van der Waals surface area contributed by atoms with E-state index in [-0.39, 0.29) is 12.4 Å². The molecule has 0 aromatic heterocycles. The Hall–Kier alpha value is -2.22. The topological polar surface area (TPSA) is 68.5 Å². The van der Waals surface area contributed by atoms with Crippen LogP contribution >= 0.6 is 0 Å². The second-order valence-corrected chi connectivity index (χ2v) is 4.13. The standard InChI is InChI=1S/C15H19NO4/c1-18-13-7-5-6-12(15(13)19-2)8-9-14(17)20-11-4-3-10-16/h5-7H,3-4,8-9,11H2,1-2H3. The lowest BCUT2D eigenvalue weighted by Gasteiger charge is -2.12. The molecule has 1 aromatic rings. The maximum Gasteiger partial charge on any atom is 0.306 e. The van der Waals surface area contributed by atoms with Gasteiger partial charge >= 0.3 is 5.97 Å². The van der Waals surface area contributed by atoms with Crippen LogP contribution in [0.25, 0.3) is 0 Å². The summed E-state index contributed by atoms with van der Waals surface area (Å²) in [6.45, 7) is 0.293. The van der Waals surface area contributed by atoms with Crippen LogP contribution in [0.15, 0.2) is 18.2 Å². The van der Waals surface area contributed by atoms with Crippen LogP contribution in [0.4, 0.5) is 0 Å². The van der Waals surface area contributed by atoms with Gasteiger partial charge in [0, 0.05) is 12.8 Å². The van der Waals surface area contributed by atoms with Gasteiger partial charge in [0.05, 0.1) is 26.9 Å². The zero-order valence-electron chi connectivity index (χ0n) is 11.8. The van der Waals surface area contributed by atoms with E-state index in [1.165, 1.54) is 0 Å². The van der Waals surface area contributed by atoms with Crippen molar-refractivity contribution < 1.29 is 19.0 Å². The van der Waals surface area contributed by atoms with E-state index in [2.05, 4.69) is 0 Å². The Balaban J connectivity index is 2.49.